The topological polar surface area (TPSA) is 54.4 Å². The molecule has 1 aromatic rings. The number of benzene rings is 1. The van der Waals surface area contributed by atoms with E-state index in [0.717, 1.165) is 25.0 Å². The van der Waals surface area contributed by atoms with Gasteiger partial charge in [-0.3, -0.25) is 4.21 Å². The lowest BCUT2D eigenvalue weighted by Crippen LogP contribution is -2.09. The lowest BCUT2D eigenvalue weighted by Gasteiger charge is -2.10. The molecule has 3 nitrogen and oxygen atoms in total. The Morgan fingerprint density at radius 2 is 2.17 bits per heavy atom. The first kappa shape index (κ1) is 14.8. The molecule has 0 saturated carbocycles. The standard InChI is InChI=1S/C13H17FO3S/c1-3-4-9(2)8-18(17)10-5-6-12(14)11(7-10)13(15)16/h5-7,9H,3-4,8H2,1-2H3,(H,15,16). The van der Waals surface area contributed by atoms with Gasteiger partial charge >= 0.3 is 5.97 Å². The van der Waals surface area contributed by atoms with Crippen LogP contribution in [0.4, 0.5) is 4.39 Å². The molecule has 0 spiro atoms. The first-order valence-corrected chi connectivity index (χ1v) is 7.18. The highest BCUT2D eigenvalue weighted by molar-refractivity contribution is 7.85. The minimum atomic E-state index is -1.34. The van der Waals surface area contributed by atoms with Crippen LogP contribution in [0.25, 0.3) is 0 Å². The molecule has 1 N–H and O–H groups in total. The van der Waals surface area contributed by atoms with Crippen LogP contribution in [0, 0.1) is 11.7 Å². The average Bonchev–Trinajstić information content (AvgIpc) is 2.29. The van der Waals surface area contributed by atoms with Gasteiger partial charge in [-0.15, -0.1) is 0 Å². The molecule has 0 amide bonds. The van der Waals surface area contributed by atoms with Gasteiger partial charge in [-0.1, -0.05) is 26.7 Å². The molecule has 2 atom stereocenters. The molecule has 100 valence electrons. The van der Waals surface area contributed by atoms with Crippen LogP contribution in [-0.4, -0.2) is 21.0 Å². The molecule has 0 fully saturated rings. The second-order valence-corrected chi connectivity index (χ2v) is 5.85. The zero-order valence-corrected chi connectivity index (χ0v) is 11.3. The first-order chi connectivity index (χ1) is 8.45. The van der Waals surface area contributed by atoms with Crippen molar-refractivity contribution in [2.75, 3.05) is 5.75 Å². The van der Waals surface area contributed by atoms with E-state index < -0.39 is 28.1 Å². The molecule has 0 bridgehead atoms. The zero-order chi connectivity index (χ0) is 13.7. The highest BCUT2D eigenvalue weighted by atomic mass is 32.2. The van der Waals surface area contributed by atoms with Gasteiger partial charge in [0.25, 0.3) is 0 Å². The smallest absolute Gasteiger partial charge is 0.338 e. The third-order valence-corrected chi connectivity index (χ3v) is 4.30. The summed E-state index contributed by atoms with van der Waals surface area (Å²) < 4.78 is 25.2. The van der Waals surface area contributed by atoms with Crippen molar-refractivity contribution in [2.24, 2.45) is 5.92 Å². The monoisotopic (exact) mass is 272 g/mol. The first-order valence-electron chi connectivity index (χ1n) is 5.87. The van der Waals surface area contributed by atoms with Crippen LogP contribution in [-0.2, 0) is 10.8 Å². The minimum Gasteiger partial charge on any atom is -0.478 e. The van der Waals surface area contributed by atoms with Crippen LogP contribution in [0.2, 0.25) is 0 Å². The zero-order valence-electron chi connectivity index (χ0n) is 10.5. The summed E-state index contributed by atoms with van der Waals surface area (Å²) in [5.74, 6) is -1.37. The van der Waals surface area contributed by atoms with E-state index in [4.69, 9.17) is 5.11 Å². The summed E-state index contributed by atoms with van der Waals surface area (Å²) in [6.45, 7) is 4.06. The van der Waals surface area contributed by atoms with E-state index >= 15 is 0 Å². The number of aromatic carboxylic acids is 1. The largest absolute Gasteiger partial charge is 0.478 e. The molecule has 1 aromatic carbocycles. The van der Waals surface area contributed by atoms with Crippen molar-refractivity contribution in [1.29, 1.82) is 0 Å². The Kier molecular flexibility index (Phi) is 5.47. The molecular formula is C13H17FO3S. The molecule has 0 heterocycles. The third kappa shape index (κ3) is 3.91. The quantitative estimate of drug-likeness (QED) is 0.866. The van der Waals surface area contributed by atoms with Crippen LogP contribution in [0.5, 0.6) is 0 Å². The normalized spacial score (nSPS) is 14.2. The second kappa shape index (κ2) is 6.64. The third-order valence-electron chi connectivity index (χ3n) is 2.65. The predicted molar refractivity (Wildman–Crippen MR) is 68.7 cm³/mol. The molecule has 5 heteroatoms. The molecule has 0 aliphatic heterocycles. The average molecular weight is 272 g/mol. The van der Waals surface area contributed by atoms with Gasteiger partial charge in [-0.05, 0) is 24.1 Å². The second-order valence-electron chi connectivity index (χ2n) is 4.35. The molecule has 0 aliphatic carbocycles. The molecule has 1 rings (SSSR count). The van der Waals surface area contributed by atoms with Gasteiger partial charge in [0.2, 0.25) is 0 Å². The highest BCUT2D eigenvalue weighted by Gasteiger charge is 2.15. The fourth-order valence-corrected chi connectivity index (χ4v) is 3.09. The Hall–Kier alpha value is -1.23. The van der Waals surface area contributed by atoms with Gasteiger partial charge in [-0.2, -0.15) is 0 Å². The Morgan fingerprint density at radius 1 is 1.50 bits per heavy atom. The molecule has 2 unspecified atom stereocenters. The maximum atomic E-state index is 13.2. The van der Waals surface area contributed by atoms with Crippen LogP contribution in [0.3, 0.4) is 0 Å². The maximum Gasteiger partial charge on any atom is 0.338 e. The van der Waals surface area contributed by atoms with Gasteiger partial charge in [0.15, 0.2) is 0 Å². The van der Waals surface area contributed by atoms with Gasteiger partial charge in [0.05, 0.1) is 16.4 Å². The Labute approximate surface area is 108 Å². The summed E-state index contributed by atoms with van der Waals surface area (Å²) in [5, 5.41) is 8.80. The van der Waals surface area contributed by atoms with Crippen molar-refractivity contribution in [3.8, 4) is 0 Å². The fourth-order valence-electron chi connectivity index (χ4n) is 1.74. The lowest BCUT2D eigenvalue weighted by molar-refractivity contribution is 0.0691. The van der Waals surface area contributed by atoms with Gasteiger partial charge in [0, 0.05) is 10.6 Å². The number of hydrogen-bond acceptors (Lipinski definition) is 2. The fraction of sp³-hybridized carbons (Fsp3) is 0.462. The molecule has 0 aromatic heterocycles. The van der Waals surface area contributed by atoms with E-state index in [9.17, 15) is 13.4 Å². The SMILES string of the molecule is CCCC(C)CS(=O)c1ccc(F)c(C(=O)O)c1. The van der Waals surface area contributed by atoms with E-state index in [2.05, 4.69) is 6.92 Å². The van der Waals surface area contributed by atoms with Crippen molar-refractivity contribution >= 4 is 16.8 Å². The molecule has 0 saturated heterocycles. The van der Waals surface area contributed by atoms with Crippen molar-refractivity contribution in [3.63, 3.8) is 0 Å². The van der Waals surface area contributed by atoms with Crippen LogP contribution in [0.15, 0.2) is 23.1 Å². The van der Waals surface area contributed by atoms with E-state index in [1.165, 1.54) is 6.07 Å². The molecule has 0 aliphatic rings. The number of halogens is 1. The van der Waals surface area contributed by atoms with Gasteiger partial charge in [0.1, 0.15) is 5.82 Å². The van der Waals surface area contributed by atoms with Crippen molar-refractivity contribution in [3.05, 3.63) is 29.6 Å². The highest BCUT2D eigenvalue weighted by Crippen LogP contribution is 2.17. The van der Waals surface area contributed by atoms with Crippen molar-refractivity contribution in [1.82, 2.24) is 0 Å². The summed E-state index contributed by atoms with van der Waals surface area (Å²) >= 11 is 0. The molecular weight excluding hydrogens is 255 g/mol. The summed E-state index contributed by atoms with van der Waals surface area (Å²) in [5.41, 5.74) is -0.427. The number of rotatable bonds is 6. The Balaban J connectivity index is 2.87. The summed E-state index contributed by atoms with van der Waals surface area (Å²) in [6, 6.07) is 3.60. The van der Waals surface area contributed by atoms with Crippen LogP contribution in [0.1, 0.15) is 37.0 Å². The molecule has 18 heavy (non-hydrogen) atoms. The summed E-state index contributed by atoms with van der Waals surface area (Å²) in [6.07, 6.45) is 1.99. The predicted octanol–water partition coefficient (Wildman–Crippen LogP) is 3.07. The lowest BCUT2D eigenvalue weighted by atomic mass is 10.1. The number of carboxylic acid groups (broad SMARTS) is 1. The van der Waals surface area contributed by atoms with Crippen LogP contribution >= 0.6 is 0 Å². The van der Waals surface area contributed by atoms with Crippen molar-refractivity contribution < 1.29 is 18.5 Å². The molecule has 0 radical (unpaired) electrons. The number of carbonyl (C=O) groups is 1. The van der Waals surface area contributed by atoms with Gasteiger partial charge in [-0.25, -0.2) is 9.18 Å². The number of hydrogen-bond donors (Lipinski definition) is 1. The van der Waals surface area contributed by atoms with E-state index in [0.29, 0.717) is 16.6 Å². The van der Waals surface area contributed by atoms with E-state index in [1.807, 2.05) is 6.92 Å². The minimum absolute atomic E-state index is 0.300. The Morgan fingerprint density at radius 3 is 2.72 bits per heavy atom. The van der Waals surface area contributed by atoms with Gasteiger partial charge < -0.3 is 5.11 Å². The van der Waals surface area contributed by atoms with E-state index in [1.54, 1.807) is 0 Å². The number of carboxylic acids is 1. The Bertz CT molecular complexity index is 460. The van der Waals surface area contributed by atoms with Crippen LogP contribution < -0.4 is 0 Å². The van der Waals surface area contributed by atoms with Crippen molar-refractivity contribution in [2.45, 2.75) is 31.6 Å². The summed E-state index contributed by atoms with van der Waals surface area (Å²) in [7, 11) is -1.28. The van der Waals surface area contributed by atoms with E-state index in [-0.39, 0.29) is 0 Å². The maximum absolute atomic E-state index is 13.2. The summed E-state index contributed by atoms with van der Waals surface area (Å²) in [4.78, 5) is 11.2.